The van der Waals surface area contributed by atoms with Crippen molar-refractivity contribution in [1.82, 2.24) is 0 Å². The van der Waals surface area contributed by atoms with Crippen molar-refractivity contribution in [2.24, 2.45) is 0 Å². The van der Waals surface area contributed by atoms with E-state index in [9.17, 15) is 0 Å². The van der Waals surface area contributed by atoms with E-state index in [0.717, 1.165) is 0 Å². The van der Waals surface area contributed by atoms with E-state index in [1.165, 1.54) is 0 Å². The van der Waals surface area contributed by atoms with Crippen LogP contribution in [-0.2, 0) is 33.2 Å². The second-order valence-electron chi connectivity index (χ2n) is 9.26. The summed E-state index contributed by atoms with van der Waals surface area (Å²) in [6.45, 7) is 22.9. The Bertz CT molecular complexity index is 367. The van der Waals surface area contributed by atoms with Crippen LogP contribution in [0.3, 0.4) is 0 Å². The molecule has 0 N–H and O–H groups in total. The van der Waals surface area contributed by atoms with E-state index < -0.39 is 0 Å². The molecule has 0 saturated heterocycles. The summed E-state index contributed by atoms with van der Waals surface area (Å²) in [4.78, 5) is 0. The first kappa shape index (κ1) is 30.7. The molecule has 0 spiro atoms. The van der Waals surface area contributed by atoms with E-state index in [-0.39, 0.29) is 48.8 Å². The lowest BCUT2D eigenvalue weighted by Crippen LogP contribution is -2.35. The maximum atomic E-state index is 5.98. The second kappa shape index (κ2) is 18.2. The first-order valence-corrected chi connectivity index (χ1v) is 11.8. The zero-order valence-corrected chi connectivity index (χ0v) is 21.7. The molecule has 0 heterocycles. The Balaban J connectivity index is 4.55. The first-order chi connectivity index (χ1) is 14.5. The van der Waals surface area contributed by atoms with Crippen LogP contribution in [0.25, 0.3) is 0 Å². The summed E-state index contributed by atoms with van der Waals surface area (Å²) in [5.41, 5.74) is 0. The lowest BCUT2D eigenvalue weighted by molar-refractivity contribution is -0.131. The van der Waals surface area contributed by atoms with Gasteiger partial charge in [-0.05, 0) is 69.2 Å². The van der Waals surface area contributed by atoms with Gasteiger partial charge in [-0.15, -0.1) is 0 Å². The van der Waals surface area contributed by atoms with Crippen molar-refractivity contribution in [2.45, 2.75) is 118 Å². The minimum atomic E-state index is -0.170. The van der Waals surface area contributed by atoms with Crippen molar-refractivity contribution in [2.75, 3.05) is 39.6 Å². The summed E-state index contributed by atoms with van der Waals surface area (Å²) in [5.74, 6) is 0. The molecule has 0 aliphatic heterocycles. The summed E-state index contributed by atoms with van der Waals surface area (Å²) in [6, 6.07) is 0. The highest BCUT2D eigenvalue weighted by atomic mass is 16.6. The highest BCUT2D eigenvalue weighted by molar-refractivity contribution is 4.64. The quantitative estimate of drug-likeness (QED) is 0.275. The Hall–Kier alpha value is -0.280. The molecule has 0 saturated carbocycles. The number of rotatable bonds is 20. The Morgan fingerprint density at radius 2 is 0.613 bits per heavy atom. The van der Waals surface area contributed by atoms with Gasteiger partial charge in [0.2, 0.25) is 0 Å². The van der Waals surface area contributed by atoms with Gasteiger partial charge in [0.1, 0.15) is 18.3 Å². The van der Waals surface area contributed by atoms with E-state index in [1.807, 2.05) is 69.2 Å². The lowest BCUT2D eigenvalue weighted by atomic mass is 10.3. The molecule has 0 radical (unpaired) electrons. The first-order valence-electron chi connectivity index (χ1n) is 11.8. The highest BCUT2D eigenvalue weighted by Gasteiger charge is 2.18. The smallest absolute Gasteiger partial charge is 0.104 e. The fourth-order valence-electron chi connectivity index (χ4n) is 2.80. The van der Waals surface area contributed by atoms with Gasteiger partial charge in [-0.2, -0.15) is 0 Å². The third-order valence-corrected chi connectivity index (χ3v) is 3.84. The normalized spacial score (nSPS) is 15.6. The predicted octanol–water partition coefficient (Wildman–Crippen LogP) is 4.25. The topological polar surface area (TPSA) is 64.6 Å². The van der Waals surface area contributed by atoms with Gasteiger partial charge in [0.05, 0.1) is 70.2 Å². The molecule has 0 fully saturated rings. The van der Waals surface area contributed by atoms with Crippen LogP contribution in [0.15, 0.2) is 0 Å². The minimum Gasteiger partial charge on any atom is -0.376 e. The zero-order valence-electron chi connectivity index (χ0n) is 21.7. The van der Waals surface area contributed by atoms with Crippen LogP contribution in [0.4, 0.5) is 0 Å². The van der Waals surface area contributed by atoms with Gasteiger partial charge in [0.15, 0.2) is 0 Å². The summed E-state index contributed by atoms with van der Waals surface area (Å²) < 4.78 is 41.1. The van der Waals surface area contributed by atoms with E-state index in [4.69, 9.17) is 33.2 Å². The van der Waals surface area contributed by atoms with Gasteiger partial charge < -0.3 is 33.2 Å². The molecule has 2 unspecified atom stereocenters. The SMILES string of the molecule is CC(C)OCC(COCC(COCC(COC(C)C)OC(C)C)OC(C)C)OC(C)C. The van der Waals surface area contributed by atoms with Crippen LogP contribution in [-0.4, -0.2) is 88.5 Å². The molecule has 7 nitrogen and oxygen atoms in total. The Kier molecular flexibility index (Phi) is 18.0. The van der Waals surface area contributed by atoms with Gasteiger partial charge in [0, 0.05) is 0 Å². The van der Waals surface area contributed by atoms with Crippen molar-refractivity contribution < 1.29 is 33.2 Å². The van der Waals surface area contributed by atoms with Crippen molar-refractivity contribution in [1.29, 1.82) is 0 Å². The number of ether oxygens (including phenoxy) is 7. The predicted molar refractivity (Wildman–Crippen MR) is 124 cm³/mol. The Labute approximate surface area is 191 Å². The van der Waals surface area contributed by atoms with Crippen LogP contribution in [0.2, 0.25) is 0 Å². The molecule has 31 heavy (non-hydrogen) atoms. The average molecular weight is 451 g/mol. The average Bonchev–Trinajstić information content (AvgIpc) is 2.62. The monoisotopic (exact) mass is 450 g/mol. The molecule has 0 aliphatic carbocycles. The summed E-state index contributed by atoms with van der Waals surface area (Å²) >= 11 is 0. The summed E-state index contributed by atoms with van der Waals surface area (Å²) in [7, 11) is 0. The van der Waals surface area contributed by atoms with Gasteiger partial charge in [-0.25, -0.2) is 0 Å². The largest absolute Gasteiger partial charge is 0.376 e. The fraction of sp³-hybridized carbons (Fsp3) is 1.00. The third kappa shape index (κ3) is 20.1. The number of hydrogen-bond acceptors (Lipinski definition) is 7. The summed E-state index contributed by atoms with van der Waals surface area (Å²) in [5, 5.41) is 0. The van der Waals surface area contributed by atoms with E-state index in [2.05, 4.69) is 0 Å². The zero-order chi connectivity index (χ0) is 23.8. The molecule has 7 heteroatoms. The van der Waals surface area contributed by atoms with Crippen molar-refractivity contribution in [3.63, 3.8) is 0 Å². The highest BCUT2D eigenvalue weighted by Crippen LogP contribution is 2.07. The summed E-state index contributed by atoms with van der Waals surface area (Å²) in [6.07, 6.45) is 0.226. The van der Waals surface area contributed by atoms with E-state index in [0.29, 0.717) is 39.6 Å². The molecule has 188 valence electrons. The van der Waals surface area contributed by atoms with Crippen molar-refractivity contribution >= 4 is 0 Å². The molecule has 0 aromatic rings. The van der Waals surface area contributed by atoms with Gasteiger partial charge >= 0.3 is 0 Å². The molecular weight excluding hydrogens is 400 g/mol. The van der Waals surface area contributed by atoms with Gasteiger partial charge in [0.25, 0.3) is 0 Å². The lowest BCUT2D eigenvalue weighted by Gasteiger charge is -2.25. The molecule has 0 amide bonds. The van der Waals surface area contributed by atoms with Crippen LogP contribution in [0.1, 0.15) is 69.2 Å². The molecule has 0 bridgehead atoms. The molecular formula is C24H50O7. The van der Waals surface area contributed by atoms with Gasteiger partial charge in [-0.1, -0.05) is 0 Å². The van der Waals surface area contributed by atoms with E-state index >= 15 is 0 Å². The Morgan fingerprint density at radius 3 is 0.839 bits per heavy atom. The van der Waals surface area contributed by atoms with Crippen LogP contribution in [0, 0.1) is 0 Å². The Morgan fingerprint density at radius 1 is 0.355 bits per heavy atom. The minimum absolute atomic E-state index is 0.0798. The second-order valence-corrected chi connectivity index (χ2v) is 9.26. The van der Waals surface area contributed by atoms with Crippen LogP contribution < -0.4 is 0 Å². The van der Waals surface area contributed by atoms with Crippen molar-refractivity contribution in [3.8, 4) is 0 Å². The number of hydrogen-bond donors (Lipinski definition) is 0. The van der Waals surface area contributed by atoms with Crippen LogP contribution >= 0.6 is 0 Å². The fourth-order valence-corrected chi connectivity index (χ4v) is 2.80. The third-order valence-electron chi connectivity index (χ3n) is 3.84. The maximum Gasteiger partial charge on any atom is 0.104 e. The van der Waals surface area contributed by atoms with E-state index in [1.54, 1.807) is 0 Å². The molecule has 0 aromatic heterocycles. The van der Waals surface area contributed by atoms with Gasteiger partial charge in [-0.3, -0.25) is 0 Å². The molecule has 2 atom stereocenters. The standard InChI is InChI=1S/C24H50O7/c1-17(2)27-15-23(30-20(7)8)13-25-11-22(29-19(5)6)12-26-14-24(31-21(9)10)16-28-18(3)4/h17-24H,11-16H2,1-10H3. The molecule has 0 rings (SSSR count). The van der Waals surface area contributed by atoms with Crippen LogP contribution in [0.5, 0.6) is 0 Å². The maximum absolute atomic E-state index is 5.98. The van der Waals surface area contributed by atoms with Crippen molar-refractivity contribution in [3.05, 3.63) is 0 Å². The molecule has 0 aliphatic rings. The molecule has 0 aromatic carbocycles.